The predicted molar refractivity (Wildman–Crippen MR) is 84.5 cm³/mol. The van der Waals surface area contributed by atoms with Gasteiger partial charge in [0.1, 0.15) is 11.6 Å². The second kappa shape index (κ2) is 5.37. The molecule has 0 aliphatic heterocycles. The molecule has 0 saturated heterocycles. The number of ether oxygens (including phenoxy) is 1. The van der Waals surface area contributed by atoms with E-state index >= 15 is 0 Å². The van der Waals surface area contributed by atoms with E-state index in [1.807, 2.05) is 0 Å². The molecule has 4 bridgehead atoms. The fourth-order valence-corrected chi connectivity index (χ4v) is 5.72. The highest BCUT2D eigenvalue weighted by Gasteiger charge is 2.51. The topological polar surface area (TPSA) is 46.5 Å². The van der Waals surface area contributed by atoms with Crippen molar-refractivity contribution in [1.29, 1.82) is 0 Å². The quantitative estimate of drug-likeness (QED) is 0.860. The molecule has 5 rings (SSSR count). The fraction of sp³-hybridized carbons (Fsp3) is 0.611. The Balaban J connectivity index is 1.51. The van der Waals surface area contributed by atoms with Gasteiger partial charge in [0.2, 0.25) is 0 Å². The summed E-state index contributed by atoms with van der Waals surface area (Å²) in [7, 11) is 0. The van der Waals surface area contributed by atoms with Gasteiger partial charge in [-0.05, 0) is 62.3 Å². The van der Waals surface area contributed by atoms with Gasteiger partial charge in [-0.15, -0.1) is 0 Å². The minimum absolute atomic E-state index is 0.161. The van der Waals surface area contributed by atoms with E-state index in [-0.39, 0.29) is 16.2 Å². The van der Waals surface area contributed by atoms with Crippen LogP contribution in [-0.4, -0.2) is 17.7 Å². The molecule has 4 fully saturated rings. The van der Waals surface area contributed by atoms with Crippen molar-refractivity contribution in [2.24, 2.45) is 23.2 Å². The Morgan fingerprint density at radius 2 is 1.78 bits per heavy atom. The van der Waals surface area contributed by atoms with Gasteiger partial charge in [-0.25, -0.2) is 9.18 Å². The first-order valence-corrected chi connectivity index (χ1v) is 8.67. The zero-order valence-electron chi connectivity index (χ0n) is 12.9. The first-order valence-electron chi connectivity index (χ1n) is 8.29. The first-order chi connectivity index (χ1) is 10.9. The summed E-state index contributed by atoms with van der Waals surface area (Å²) in [6.07, 6.45) is 7.69. The van der Waals surface area contributed by atoms with Crippen molar-refractivity contribution in [2.45, 2.75) is 38.5 Å². The number of hydrogen-bond acceptors (Lipinski definition) is 2. The summed E-state index contributed by atoms with van der Waals surface area (Å²) in [5.74, 6) is 0.605. The van der Waals surface area contributed by atoms with Crippen LogP contribution in [0.2, 0.25) is 5.02 Å². The van der Waals surface area contributed by atoms with Crippen LogP contribution in [0.1, 0.15) is 48.9 Å². The molecule has 0 amide bonds. The Morgan fingerprint density at radius 1 is 1.22 bits per heavy atom. The number of benzene rings is 1. The molecule has 5 heteroatoms. The van der Waals surface area contributed by atoms with Gasteiger partial charge in [0, 0.05) is 11.5 Å². The van der Waals surface area contributed by atoms with Crippen molar-refractivity contribution < 1.29 is 19.0 Å². The zero-order chi connectivity index (χ0) is 16.2. The second-order valence-electron chi connectivity index (χ2n) is 7.77. The summed E-state index contributed by atoms with van der Waals surface area (Å²) in [6, 6.07) is 2.24. The lowest BCUT2D eigenvalue weighted by Crippen LogP contribution is -2.48. The highest BCUT2D eigenvalue weighted by molar-refractivity contribution is 6.32. The van der Waals surface area contributed by atoms with Crippen molar-refractivity contribution >= 4 is 17.6 Å². The summed E-state index contributed by atoms with van der Waals surface area (Å²) >= 11 is 6.08. The van der Waals surface area contributed by atoms with Crippen molar-refractivity contribution in [3.8, 4) is 5.75 Å². The first kappa shape index (κ1) is 15.3. The summed E-state index contributed by atoms with van der Waals surface area (Å²) in [5.41, 5.74) is -0.211. The summed E-state index contributed by atoms with van der Waals surface area (Å²) in [6.45, 7) is 0.558. The van der Waals surface area contributed by atoms with Crippen LogP contribution in [0.25, 0.3) is 0 Å². The van der Waals surface area contributed by atoms with Crippen LogP contribution in [0, 0.1) is 29.0 Å². The van der Waals surface area contributed by atoms with E-state index in [0.29, 0.717) is 6.61 Å². The second-order valence-corrected chi connectivity index (χ2v) is 8.18. The SMILES string of the molecule is O=C(O)c1cc(Cl)c(OCC23CC4CC(CC(C4)C2)C3)cc1F. The normalized spacial score (nSPS) is 34.6. The van der Waals surface area contributed by atoms with Crippen LogP contribution in [0.4, 0.5) is 4.39 Å². The largest absolute Gasteiger partial charge is 0.491 e. The van der Waals surface area contributed by atoms with E-state index in [4.69, 9.17) is 21.4 Å². The van der Waals surface area contributed by atoms with Crippen molar-refractivity contribution in [2.75, 3.05) is 6.61 Å². The molecule has 1 aromatic rings. The summed E-state index contributed by atoms with van der Waals surface area (Å²) in [5, 5.41) is 9.09. The van der Waals surface area contributed by atoms with Gasteiger partial charge in [-0.1, -0.05) is 11.6 Å². The van der Waals surface area contributed by atoms with Gasteiger partial charge in [-0.3, -0.25) is 0 Å². The molecule has 0 atom stereocenters. The number of rotatable bonds is 4. The zero-order valence-corrected chi connectivity index (χ0v) is 13.6. The van der Waals surface area contributed by atoms with Gasteiger partial charge in [0.05, 0.1) is 17.2 Å². The lowest BCUT2D eigenvalue weighted by atomic mass is 9.50. The molecule has 3 nitrogen and oxygen atoms in total. The third-order valence-corrected chi connectivity index (χ3v) is 6.25. The monoisotopic (exact) mass is 338 g/mol. The fourth-order valence-electron chi connectivity index (χ4n) is 5.50. The van der Waals surface area contributed by atoms with E-state index in [1.54, 1.807) is 0 Å². The average Bonchev–Trinajstić information content (AvgIpc) is 2.46. The molecule has 4 aliphatic carbocycles. The van der Waals surface area contributed by atoms with Crippen LogP contribution in [0.15, 0.2) is 12.1 Å². The van der Waals surface area contributed by atoms with Gasteiger partial charge < -0.3 is 9.84 Å². The standard InChI is InChI=1S/C18H20ClFO3/c19-14-4-13(17(21)22)15(20)5-16(14)23-9-18-6-10-1-11(7-18)3-12(2-10)8-18/h4-5,10-12H,1-3,6-9H2,(H,21,22). The van der Waals surface area contributed by atoms with Crippen LogP contribution < -0.4 is 4.74 Å². The number of carboxylic acids is 1. The van der Waals surface area contributed by atoms with Gasteiger partial charge in [-0.2, -0.15) is 0 Å². The molecule has 0 heterocycles. The third-order valence-electron chi connectivity index (χ3n) is 5.95. The molecule has 0 radical (unpaired) electrons. The Bertz CT molecular complexity index is 623. The van der Waals surface area contributed by atoms with Crippen molar-refractivity contribution in [3.05, 3.63) is 28.5 Å². The number of hydrogen-bond donors (Lipinski definition) is 1. The Kier molecular flexibility index (Phi) is 3.56. The van der Waals surface area contributed by atoms with Gasteiger partial charge >= 0.3 is 5.97 Å². The Labute approximate surface area is 139 Å². The average molecular weight is 339 g/mol. The number of carboxylic acid groups (broad SMARTS) is 1. The Hall–Kier alpha value is -1.29. The Morgan fingerprint density at radius 3 is 2.30 bits per heavy atom. The van der Waals surface area contributed by atoms with Crippen LogP contribution >= 0.6 is 11.6 Å². The molecular formula is C18H20ClFO3. The van der Waals surface area contributed by atoms with Gasteiger partial charge in [0.15, 0.2) is 0 Å². The van der Waals surface area contributed by atoms with Crippen LogP contribution in [0.5, 0.6) is 5.75 Å². The van der Waals surface area contributed by atoms with Crippen molar-refractivity contribution in [1.82, 2.24) is 0 Å². The van der Waals surface area contributed by atoms with E-state index in [1.165, 1.54) is 38.5 Å². The molecule has 4 saturated carbocycles. The van der Waals surface area contributed by atoms with Crippen LogP contribution in [-0.2, 0) is 0 Å². The molecule has 4 aliphatic rings. The lowest BCUT2D eigenvalue weighted by molar-refractivity contribution is -0.0745. The molecule has 0 spiro atoms. The lowest BCUT2D eigenvalue weighted by Gasteiger charge is -2.56. The van der Waals surface area contributed by atoms with E-state index in [0.717, 1.165) is 29.9 Å². The highest BCUT2D eigenvalue weighted by atomic mass is 35.5. The number of halogens is 2. The van der Waals surface area contributed by atoms with Crippen molar-refractivity contribution in [3.63, 3.8) is 0 Å². The third kappa shape index (κ3) is 2.71. The summed E-state index contributed by atoms with van der Waals surface area (Å²) < 4.78 is 19.7. The molecular weight excluding hydrogens is 319 g/mol. The number of carbonyl (C=O) groups is 1. The maximum atomic E-state index is 13.8. The molecule has 1 aromatic carbocycles. The summed E-state index contributed by atoms with van der Waals surface area (Å²) in [4.78, 5) is 10.9. The predicted octanol–water partition coefficient (Wildman–Crippen LogP) is 4.77. The molecule has 1 N–H and O–H groups in total. The van der Waals surface area contributed by atoms with E-state index < -0.39 is 17.3 Å². The van der Waals surface area contributed by atoms with E-state index in [2.05, 4.69) is 0 Å². The highest BCUT2D eigenvalue weighted by Crippen LogP contribution is 2.60. The van der Waals surface area contributed by atoms with E-state index in [9.17, 15) is 9.18 Å². The minimum Gasteiger partial charge on any atom is -0.491 e. The molecule has 124 valence electrons. The molecule has 23 heavy (non-hydrogen) atoms. The number of aromatic carboxylic acids is 1. The minimum atomic E-state index is -1.32. The van der Waals surface area contributed by atoms with Gasteiger partial charge in [0.25, 0.3) is 0 Å². The molecule has 0 unspecified atom stereocenters. The maximum Gasteiger partial charge on any atom is 0.338 e. The molecule has 0 aromatic heterocycles. The maximum absolute atomic E-state index is 13.8. The smallest absolute Gasteiger partial charge is 0.338 e. The van der Waals surface area contributed by atoms with Crippen LogP contribution in [0.3, 0.4) is 0 Å².